The highest BCUT2D eigenvalue weighted by Crippen LogP contribution is 2.41. The molecular formula is C30H17BClNO. The summed E-state index contributed by atoms with van der Waals surface area (Å²) in [4.78, 5) is 0. The van der Waals surface area contributed by atoms with Crippen molar-refractivity contribution in [1.82, 2.24) is 4.57 Å². The van der Waals surface area contributed by atoms with Crippen LogP contribution in [0.25, 0.3) is 49.7 Å². The molecular weight excluding hydrogens is 437 g/mol. The molecule has 158 valence electrons. The Morgan fingerprint density at radius 1 is 0.824 bits per heavy atom. The zero-order valence-electron chi connectivity index (χ0n) is 30.1. The molecule has 0 unspecified atom stereocenters. The minimum Gasteiger partial charge on any atom is -0.551 e. The molecule has 0 saturated carbocycles. The summed E-state index contributed by atoms with van der Waals surface area (Å²) in [5, 5.41) is 0.141. The van der Waals surface area contributed by atoms with E-state index in [4.69, 9.17) is 31.3 Å². The second-order valence-corrected chi connectivity index (χ2v) is 8.48. The van der Waals surface area contributed by atoms with Crippen molar-refractivity contribution in [2.45, 2.75) is 0 Å². The minimum absolute atomic E-state index is 0.0110. The van der Waals surface area contributed by atoms with E-state index in [-0.39, 0.29) is 72.9 Å². The van der Waals surface area contributed by atoms with Crippen LogP contribution in [0, 0.1) is 0 Å². The molecule has 3 heterocycles. The molecule has 4 heteroatoms. The Morgan fingerprint density at radius 3 is 2.62 bits per heavy atom. The van der Waals surface area contributed by atoms with Crippen LogP contribution in [0.5, 0.6) is 5.75 Å². The van der Waals surface area contributed by atoms with Crippen LogP contribution >= 0.6 is 11.6 Å². The standard InChI is InChI=1S/C30H17BClNO/c32-20-8-5-7-18(15-20)19-16-24-22-10-2-4-14-28(22)34-31-25-12-6-11-23-21-9-1-3-13-26(21)33(30(23)25)27(17-19)29(24)31/h1-17H/i1D,2D,3D,4D,6D,9D,10D,11D,12D,13D,14D,16D,17D. The Bertz CT molecular complexity index is 2510. The maximum absolute atomic E-state index is 9.59. The highest BCUT2D eigenvalue weighted by Gasteiger charge is 2.41. The quantitative estimate of drug-likeness (QED) is 0.250. The Hall–Kier alpha value is -3.95. The molecule has 6 aromatic rings. The summed E-state index contributed by atoms with van der Waals surface area (Å²) in [6.45, 7) is -1.40. The molecule has 0 fully saturated rings. The molecule has 0 saturated heterocycles. The summed E-state index contributed by atoms with van der Waals surface area (Å²) in [6.07, 6.45) is 0. The largest absolute Gasteiger partial charge is 0.551 e. The van der Waals surface area contributed by atoms with Crippen molar-refractivity contribution in [2.24, 2.45) is 0 Å². The summed E-state index contributed by atoms with van der Waals surface area (Å²) < 4.78 is 122. The van der Waals surface area contributed by atoms with Gasteiger partial charge in [0, 0.05) is 32.5 Å². The molecule has 1 aromatic heterocycles. The Balaban J connectivity index is 1.73. The van der Waals surface area contributed by atoms with Crippen LogP contribution in [0.15, 0.2) is 103 Å². The van der Waals surface area contributed by atoms with Crippen molar-refractivity contribution in [3.8, 4) is 33.7 Å². The summed E-state index contributed by atoms with van der Waals surface area (Å²) in [7, 11) is 0. The smallest absolute Gasteiger partial charge is 0.431 e. The maximum Gasteiger partial charge on any atom is 0.431 e. The van der Waals surface area contributed by atoms with E-state index >= 15 is 0 Å². The second-order valence-electron chi connectivity index (χ2n) is 8.05. The molecule has 0 atom stereocenters. The Labute approximate surface area is 220 Å². The van der Waals surface area contributed by atoms with Gasteiger partial charge >= 0.3 is 6.92 Å². The Kier molecular flexibility index (Phi) is 1.95. The van der Waals surface area contributed by atoms with Crippen molar-refractivity contribution in [2.75, 3.05) is 0 Å². The maximum atomic E-state index is 9.59. The number of fused-ring (bicyclic) bond motifs is 7. The van der Waals surface area contributed by atoms with Crippen molar-refractivity contribution in [3.05, 3.63) is 108 Å². The van der Waals surface area contributed by atoms with Gasteiger partial charge in [0.25, 0.3) is 0 Å². The van der Waals surface area contributed by atoms with Gasteiger partial charge in [0.15, 0.2) is 0 Å². The third kappa shape index (κ3) is 2.32. The number of nitrogens with zero attached hydrogens (tertiary/aromatic N) is 1. The lowest BCUT2D eigenvalue weighted by Crippen LogP contribution is -2.54. The average molecular weight is 467 g/mol. The van der Waals surface area contributed by atoms with Crippen molar-refractivity contribution in [3.63, 3.8) is 0 Å². The number of para-hydroxylation sites is 3. The monoisotopic (exact) mass is 466 g/mol. The number of halogens is 1. The van der Waals surface area contributed by atoms with E-state index in [0.717, 1.165) is 0 Å². The zero-order valence-corrected chi connectivity index (χ0v) is 17.9. The summed E-state index contributed by atoms with van der Waals surface area (Å²) in [6, 6.07) is -0.0461. The van der Waals surface area contributed by atoms with E-state index in [0.29, 0.717) is 10.6 Å². The van der Waals surface area contributed by atoms with Gasteiger partial charge < -0.3 is 9.22 Å². The van der Waals surface area contributed by atoms with E-state index in [1.54, 1.807) is 18.2 Å². The zero-order chi connectivity index (χ0) is 33.7. The number of aromatic nitrogens is 1. The van der Waals surface area contributed by atoms with E-state index in [2.05, 4.69) is 0 Å². The number of hydrogen-bond acceptors (Lipinski definition) is 1. The van der Waals surface area contributed by atoms with Gasteiger partial charge in [-0.1, -0.05) is 78.1 Å². The normalized spacial score (nSPS) is 18.4. The van der Waals surface area contributed by atoms with Crippen LogP contribution in [-0.2, 0) is 0 Å². The first-order valence-corrected chi connectivity index (χ1v) is 10.8. The summed E-state index contributed by atoms with van der Waals surface area (Å²) >= 11 is 6.34. The van der Waals surface area contributed by atoms with Crippen molar-refractivity contribution < 1.29 is 22.5 Å². The first-order chi connectivity index (χ1) is 22.2. The van der Waals surface area contributed by atoms with Crippen molar-refractivity contribution >= 4 is 51.2 Å². The van der Waals surface area contributed by atoms with Gasteiger partial charge in [-0.3, -0.25) is 0 Å². The third-order valence-electron chi connectivity index (χ3n) is 6.26. The molecule has 2 aliphatic rings. The Morgan fingerprint density at radius 2 is 1.68 bits per heavy atom. The first-order valence-electron chi connectivity index (χ1n) is 16.9. The van der Waals surface area contributed by atoms with Gasteiger partial charge in [-0.2, -0.15) is 0 Å². The fourth-order valence-corrected chi connectivity index (χ4v) is 5.09. The number of benzene rings is 5. The predicted octanol–water partition coefficient (Wildman–Crippen LogP) is 6.58. The van der Waals surface area contributed by atoms with Gasteiger partial charge in [0.2, 0.25) is 0 Å². The lowest BCUT2D eigenvalue weighted by atomic mass is 9.50. The molecule has 8 rings (SSSR count). The van der Waals surface area contributed by atoms with Crippen LogP contribution in [-0.4, -0.2) is 11.5 Å². The first kappa shape index (κ1) is 10.1. The van der Waals surface area contributed by atoms with E-state index in [1.165, 1.54) is 10.6 Å². The van der Waals surface area contributed by atoms with Crippen LogP contribution in [0.1, 0.15) is 17.8 Å². The van der Waals surface area contributed by atoms with E-state index in [9.17, 15) is 2.74 Å². The van der Waals surface area contributed by atoms with E-state index < -0.39 is 73.4 Å². The summed E-state index contributed by atoms with van der Waals surface area (Å²) in [5.41, 5.74) is 0.127. The molecule has 0 N–H and O–H groups in total. The topological polar surface area (TPSA) is 14.2 Å². The third-order valence-corrected chi connectivity index (χ3v) is 6.49. The van der Waals surface area contributed by atoms with Crippen molar-refractivity contribution in [1.29, 1.82) is 0 Å². The highest BCUT2D eigenvalue weighted by molar-refractivity contribution is 6.85. The van der Waals surface area contributed by atoms with Crippen LogP contribution in [0.4, 0.5) is 0 Å². The molecule has 0 radical (unpaired) electrons. The fraction of sp³-hybridized carbons (Fsp3) is 0. The average Bonchev–Trinajstić information content (AvgIpc) is 3.40. The fourth-order valence-electron chi connectivity index (χ4n) is 4.90. The van der Waals surface area contributed by atoms with Gasteiger partial charge in [-0.05, 0) is 58.5 Å². The van der Waals surface area contributed by atoms with Crippen LogP contribution < -0.4 is 15.6 Å². The SMILES string of the molecule is [2H]c1c([2H])c([2H])c2c(c1[2H])OB1c3c-2c([2H])c(-c2cccc(Cl)c2)c([2H])c3-n2c3c([2H])c([2H])c([2H])c([2H])c3c3c([2H])c([2H])c([2H])c1c32. The van der Waals surface area contributed by atoms with Gasteiger partial charge in [-0.15, -0.1) is 0 Å². The highest BCUT2D eigenvalue weighted by atomic mass is 35.5. The molecule has 2 aliphatic heterocycles. The summed E-state index contributed by atoms with van der Waals surface area (Å²) in [5.74, 6) is -0.300. The minimum atomic E-state index is -1.40. The number of hydrogen-bond donors (Lipinski definition) is 0. The van der Waals surface area contributed by atoms with Crippen LogP contribution in [0.2, 0.25) is 5.02 Å². The molecule has 0 spiro atoms. The molecule has 0 bridgehead atoms. The molecule has 2 nitrogen and oxygen atoms in total. The lowest BCUT2D eigenvalue weighted by molar-refractivity contribution is 0.590. The molecule has 0 aliphatic carbocycles. The predicted molar refractivity (Wildman–Crippen MR) is 142 cm³/mol. The van der Waals surface area contributed by atoms with Gasteiger partial charge in [-0.25, -0.2) is 0 Å². The molecule has 0 amide bonds. The van der Waals surface area contributed by atoms with E-state index in [1.807, 2.05) is 0 Å². The second kappa shape index (κ2) is 6.56. The van der Waals surface area contributed by atoms with Gasteiger partial charge in [0.1, 0.15) is 5.75 Å². The van der Waals surface area contributed by atoms with Gasteiger partial charge in [0.05, 0.1) is 28.9 Å². The lowest BCUT2D eigenvalue weighted by Gasteiger charge is -2.33. The molecule has 34 heavy (non-hydrogen) atoms. The number of rotatable bonds is 1. The van der Waals surface area contributed by atoms with Crippen LogP contribution in [0.3, 0.4) is 0 Å². The molecule has 5 aromatic carbocycles.